The molecular weight excluding hydrogens is 298 g/mol. The summed E-state index contributed by atoms with van der Waals surface area (Å²) in [5, 5.41) is 24.3. The van der Waals surface area contributed by atoms with Crippen molar-refractivity contribution >= 4 is 23.9 Å². The summed E-state index contributed by atoms with van der Waals surface area (Å²) < 4.78 is 0. The Morgan fingerprint density at radius 2 is 1.32 bits per heavy atom. The number of guanidine groups is 2. The Balaban J connectivity index is 0. The zero-order valence-electron chi connectivity index (χ0n) is 11.3. The number of hydrazine groups is 2. The molecule has 0 unspecified atom stereocenters. The lowest BCUT2D eigenvalue weighted by Crippen LogP contribution is -2.84. The van der Waals surface area contributed by atoms with Crippen molar-refractivity contribution in [1.29, 1.82) is 0 Å². The van der Waals surface area contributed by atoms with Crippen LogP contribution < -0.4 is 55.0 Å². The van der Waals surface area contributed by atoms with Gasteiger partial charge in [-0.2, -0.15) is 10.2 Å². The van der Waals surface area contributed by atoms with Crippen molar-refractivity contribution in [3.8, 4) is 0 Å². The van der Waals surface area contributed by atoms with Crippen LogP contribution in [0, 0.1) is 0 Å². The van der Waals surface area contributed by atoms with Gasteiger partial charge >= 0.3 is 11.9 Å². The Morgan fingerprint density at radius 3 is 1.50 bits per heavy atom. The average Bonchev–Trinajstić information content (AvgIpc) is 2.48. The van der Waals surface area contributed by atoms with E-state index in [0.29, 0.717) is 0 Å². The zero-order valence-corrected chi connectivity index (χ0v) is 11.3. The van der Waals surface area contributed by atoms with Crippen molar-refractivity contribution in [1.82, 2.24) is 4.98 Å². The summed E-state index contributed by atoms with van der Waals surface area (Å²) in [6.45, 7) is 0. The molecule has 0 amide bonds. The van der Waals surface area contributed by atoms with E-state index in [9.17, 15) is 19.8 Å². The fraction of sp³-hybridized carbons (Fsp3) is 0. The van der Waals surface area contributed by atoms with Crippen LogP contribution in [0.5, 0.6) is 0 Å². The maximum Gasteiger partial charge on any atom is 0.360 e. The number of hydrazone groups is 2. The molecule has 0 aliphatic rings. The third kappa shape index (κ3) is 11.3. The van der Waals surface area contributed by atoms with Gasteiger partial charge < -0.3 is 19.8 Å². The number of carboxylic acid groups (broad SMARTS) is 2. The van der Waals surface area contributed by atoms with Gasteiger partial charge in [0.1, 0.15) is 0 Å². The van der Waals surface area contributed by atoms with E-state index in [1.807, 2.05) is 10.2 Å². The number of hydrogen-bond acceptors (Lipinski definition) is 7. The van der Waals surface area contributed by atoms with E-state index in [4.69, 9.17) is 22.9 Å². The number of aromatic nitrogens is 1. The highest BCUT2D eigenvalue weighted by Crippen LogP contribution is 1.97. The van der Waals surface area contributed by atoms with Crippen molar-refractivity contribution in [3.05, 3.63) is 29.6 Å². The predicted molar refractivity (Wildman–Crippen MR) is 70.0 cm³/mol. The molecule has 0 saturated carbocycles. The molecule has 22 heavy (non-hydrogen) atoms. The van der Waals surface area contributed by atoms with Crippen molar-refractivity contribution in [3.63, 3.8) is 0 Å². The Hall–Kier alpha value is -3.77. The van der Waals surface area contributed by atoms with E-state index < -0.39 is 11.9 Å². The molecule has 14 N–H and O–H groups in total. The third-order valence-corrected chi connectivity index (χ3v) is 1.54. The van der Waals surface area contributed by atoms with Crippen LogP contribution in [0.3, 0.4) is 0 Å². The Bertz CT molecular complexity index is 484. The second-order valence-electron chi connectivity index (χ2n) is 3.21. The molecule has 1 rings (SSSR count). The molecule has 1 aromatic rings. The van der Waals surface area contributed by atoms with Crippen LogP contribution in [0.15, 0.2) is 18.3 Å². The maximum absolute atomic E-state index is 10.2. The first-order chi connectivity index (χ1) is 10.1. The molecule has 0 bridgehead atoms. The van der Waals surface area contributed by atoms with Crippen molar-refractivity contribution in [2.75, 3.05) is 0 Å². The molecule has 13 nitrogen and oxygen atoms in total. The lowest BCUT2D eigenvalue weighted by atomic mass is 10.2. The van der Waals surface area contributed by atoms with Gasteiger partial charge in [0.05, 0.1) is 17.6 Å². The summed E-state index contributed by atoms with van der Waals surface area (Å²) in [5.74, 6) is 6.49. The number of pyridine rings is 1. The van der Waals surface area contributed by atoms with Gasteiger partial charge in [-0.05, 0) is 12.1 Å². The quantitative estimate of drug-likeness (QED) is 0.110. The highest BCUT2D eigenvalue weighted by Gasteiger charge is 1.96. The SMILES string of the molecule is N[NH+]=C(N)N.N[NH+]=C(N)N.O=C([O-])c1ccc(C(=O)[O-])nc1. The summed E-state index contributed by atoms with van der Waals surface area (Å²) in [6, 6.07) is 2.13. The molecule has 0 saturated heterocycles. The molecule has 13 heteroatoms. The predicted octanol–water partition coefficient (Wildman–Crippen LogP) is -9.76. The number of nitrogens with zero attached hydrogens (tertiary/aromatic N) is 1. The molecular formula is C9H17N9O4. The molecule has 0 aromatic carbocycles. The third-order valence-electron chi connectivity index (χ3n) is 1.54. The van der Waals surface area contributed by atoms with Crippen LogP contribution in [-0.4, -0.2) is 28.8 Å². The highest BCUT2D eigenvalue weighted by atomic mass is 16.4. The first-order valence-electron chi connectivity index (χ1n) is 5.23. The molecule has 0 aliphatic carbocycles. The molecule has 0 atom stereocenters. The van der Waals surface area contributed by atoms with Crippen LogP contribution >= 0.6 is 0 Å². The van der Waals surface area contributed by atoms with Crippen molar-refractivity contribution < 1.29 is 30.0 Å². The first kappa shape index (κ1) is 20.5. The smallest absolute Gasteiger partial charge is 0.360 e. The largest absolute Gasteiger partial charge is 0.545 e. The van der Waals surface area contributed by atoms with Gasteiger partial charge in [0.2, 0.25) is 0 Å². The molecule has 1 heterocycles. The minimum Gasteiger partial charge on any atom is -0.545 e. The van der Waals surface area contributed by atoms with Crippen LogP contribution in [0.4, 0.5) is 0 Å². The number of carbonyl (C=O) groups is 2. The van der Waals surface area contributed by atoms with Crippen LogP contribution in [0.2, 0.25) is 0 Å². The second kappa shape index (κ2) is 11.1. The first-order valence-corrected chi connectivity index (χ1v) is 5.23. The lowest BCUT2D eigenvalue weighted by Gasteiger charge is -2.03. The van der Waals surface area contributed by atoms with Gasteiger partial charge in [-0.15, -0.1) is 0 Å². The second-order valence-corrected chi connectivity index (χ2v) is 3.21. The highest BCUT2D eigenvalue weighted by molar-refractivity contribution is 5.87. The monoisotopic (exact) mass is 315 g/mol. The van der Waals surface area contributed by atoms with Gasteiger partial charge in [0.25, 0.3) is 0 Å². The fourth-order valence-corrected chi connectivity index (χ4v) is 0.635. The standard InChI is InChI=1S/C7H5NO4.2CH6N4/c9-6(10)4-1-2-5(7(11)12)8-3-4;2*2-1(3)5-4/h1-3H,(H,9,10)(H,11,12);2*4H2,(H4,2,3,5). The number of rotatable bonds is 2. The molecule has 122 valence electrons. The summed E-state index contributed by atoms with van der Waals surface area (Å²) in [6.07, 6.45) is 0.903. The van der Waals surface area contributed by atoms with Gasteiger partial charge in [-0.3, -0.25) is 39.6 Å². The maximum atomic E-state index is 10.2. The van der Waals surface area contributed by atoms with Crippen LogP contribution in [-0.2, 0) is 0 Å². The Morgan fingerprint density at radius 1 is 0.909 bits per heavy atom. The van der Waals surface area contributed by atoms with E-state index in [0.717, 1.165) is 18.3 Å². The zero-order chi connectivity index (χ0) is 17.7. The van der Waals surface area contributed by atoms with Crippen molar-refractivity contribution in [2.24, 2.45) is 34.6 Å². The molecule has 0 spiro atoms. The lowest BCUT2D eigenvalue weighted by molar-refractivity contribution is -0.471. The molecule has 0 fully saturated rings. The van der Waals surface area contributed by atoms with Gasteiger partial charge in [-0.25, -0.2) is 0 Å². The number of carboxylic acids is 2. The topological polar surface area (TPSA) is 277 Å². The summed E-state index contributed by atoms with van der Waals surface area (Å²) in [5.41, 5.74) is 18.5. The van der Waals surface area contributed by atoms with E-state index in [2.05, 4.69) is 16.7 Å². The Labute approximate surface area is 124 Å². The van der Waals surface area contributed by atoms with Crippen molar-refractivity contribution in [2.45, 2.75) is 0 Å². The van der Waals surface area contributed by atoms with Gasteiger partial charge in [0.15, 0.2) is 0 Å². The Kier molecular flexibility index (Phi) is 10.4. The summed E-state index contributed by atoms with van der Waals surface area (Å²) in [7, 11) is 0. The molecule has 0 radical (unpaired) electrons. The minimum atomic E-state index is -1.44. The number of aromatic carboxylic acids is 2. The average molecular weight is 315 g/mol. The van der Waals surface area contributed by atoms with E-state index in [-0.39, 0.29) is 23.2 Å². The fourth-order valence-electron chi connectivity index (χ4n) is 0.635. The summed E-state index contributed by atoms with van der Waals surface area (Å²) in [4.78, 5) is 23.6. The molecule has 1 aromatic heterocycles. The minimum absolute atomic E-state index is 0.0324. The van der Waals surface area contributed by atoms with E-state index in [1.165, 1.54) is 0 Å². The van der Waals surface area contributed by atoms with Gasteiger partial charge in [0, 0.05) is 11.8 Å². The number of nitrogens with one attached hydrogen (secondary N) is 2. The van der Waals surface area contributed by atoms with Crippen LogP contribution in [0.25, 0.3) is 0 Å². The van der Waals surface area contributed by atoms with Crippen LogP contribution in [0.1, 0.15) is 20.8 Å². The normalized spacial score (nSPS) is 8.00. The summed E-state index contributed by atoms with van der Waals surface area (Å²) >= 11 is 0. The number of nitrogens with two attached hydrogens (primary N) is 6. The van der Waals surface area contributed by atoms with Gasteiger partial charge in [-0.1, -0.05) is 0 Å². The molecule has 0 aliphatic heterocycles. The van der Waals surface area contributed by atoms with E-state index >= 15 is 0 Å². The number of hydrogen-bond donors (Lipinski definition) is 8. The number of carbonyl (C=O) groups excluding carboxylic acids is 2. The van der Waals surface area contributed by atoms with E-state index in [1.54, 1.807) is 0 Å².